The largest absolute Gasteiger partial charge is 0.259 e. The molecule has 0 aliphatic carbocycles. The lowest BCUT2D eigenvalue weighted by Gasteiger charge is -2.09. The Labute approximate surface area is 263 Å². The number of nitrogens with one attached hydrogen (secondary N) is 2. The van der Waals surface area contributed by atoms with Crippen LogP contribution >= 0.6 is 0 Å². The first-order chi connectivity index (χ1) is 21.8. The Bertz CT molecular complexity index is 1410. The van der Waals surface area contributed by atoms with Gasteiger partial charge in [-0.1, -0.05) is 149 Å². The third-order valence-corrected chi connectivity index (χ3v) is 7.43. The molecule has 1 heterocycles. The minimum atomic E-state index is 0.608. The number of benzene rings is 3. The molecule has 6 heteroatoms. The van der Waals surface area contributed by atoms with E-state index >= 15 is 0 Å². The Morgan fingerprint density at radius 3 is 1.36 bits per heavy atom. The van der Waals surface area contributed by atoms with Gasteiger partial charge in [0.1, 0.15) is 0 Å². The van der Waals surface area contributed by atoms with Crippen LogP contribution in [0.15, 0.2) is 106 Å². The van der Waals surface area contributed by atoms with Gasteiger partial charge in [-0.25, -0.2) is 0 Å². The molecule has 0 spiro atoms. The van der Waals surface area contributed by atoms with E-state index in [0.717, 1.165) is 36.5 Å². The van der Waals surface area contributed by atoms with Crippen molar-refractivity contribution in [2.24, 2.45) is 10.2 Å². The molecule has 0 unspecified atom stereocenters. The highest BCUT2D eigenvalue weighted by Gasteiger charge is 2.08. The fourth-order valence-electron chi connectivity index (χ4n) is 5.01. The molecular weight excluding hydrogens is 540 g/mol. The molecule has 4 rings (SSSR count). The Hall–Kier alpha value is -4.58. The first-order valence-electron chi connectivity index (χ1n) is 16.1. The van der Waals surface area contributed by atoms with Crippen molar-refractivity contribution in [1.82, 2.24) is 10.2 Å². The fourth-order valence-corrected chi connectivity index (χ4v) is 5.01. The van der Waals surface area contributed by atoms with Crippen LogP contribution in [0.5, 0.6) is 0 Å². The zero-order valence-electron chi connectivity index (χ0n) is 26.3. The van der Waals surface area contributed by atoms with Crippen LogP contribution in [-0.4, -0.2) is 22.6 Å². The van der Waals surface area contributed by atoms with Crippen molar-refractivity contribution < 1.29 is 0 Å². The second-order valence-corrected chi connectivity index (χ2v) is 11.1. The number of rotatable bonds is 18. The average molecular weight is 587 g/mol. The summed E-state index contributed by atoms with van der Waals surface area (Å²) in [5.41, 5.74) is 11.0. The molecule has 0 atom stereocenters. The summed E-state index contributed by atoms with van der Waals surface area (Å²) < 4.78 is 0. The van der Waals surface area contributed by atoms with Gasteiger partial charge >= 0.3 is 0 Å². The minimum absolute atomic E-state index is 0.608. The van der Waals surface area contributed by atoms with Gasteiger partial charge in [-0.15, -0.1) is 10.2 Å². The molecule has 6 nitrogen and oxygen atoms in total. The highest BCUT2D eigenvalue weighted by Crippen LogP contribution is 2.26. The van der Waals surface area contributed by atoms with Gasteiger partial charge in [-0.2, -0.15) is 10.2 Å². The number of nitrogens with zero attached hydrogens (tertiary/aromatic N) is 4. The van der Waals surface area contributed by atoms with Crippen LogP contribution in [0.2, 0.25) is 0 Å². The summed E-state index contributed by atoms with van der Waals surface area (Å²) >= 11 is 0. The molecule has 1 aromatic heterocycles. The van der Waals surface area contributed by atoms with Crippen molar-refractivity contribution in [3.8, 4) is 0 Å². The van der Waals surface area contributed by atoms with Crippen LogP contribution in [0.25, 0.3) is 22.9 Å². The molecule has 228 valence electrons. The highest BCUT2D eigenvalue weighted by molar-refractivity contribution is 5.99. The predicted octanol–water partition coefficient (Wildman–Crippen LogP) is 10.5. The Balaban J connectivity index is 1.48. The summed E-state index contributed by atoms with van der Waals surface area (Å²) in [5.74, 6) is 1.22. The topological polar surface area (TPSA) is 74.6 Å². The van der Waals surface area contributed by atoms with Gasteiger partial charge in [0.15, 0.2) is 11.6 Å². The van der Waals surface area contributed by atoms with E-state index in [1.807, 2.05) is 48.8 Å². The van der Waals surface area contributed by atoms with E-state index in [0.29, 0.717) is 11.6 Å². The van der Waals surface area contributed by atoms with Crippen LogP contribution in [0.1, 0.15) is 89.2 Å². The second-order valence-electron chi connectivity index (χ2n) is 11.1. The van der Waals surface area contributed by atoms with Crippen LogP contribution in [0.3, 0.4) is 0 Å². The molecule has 44 heavy (non-hydrogen) atoms. The average Bonchev–Trinajstić information content (AvgIpc) is 3.06. The monoisotopic (exact) mass is 586 g/mol. The van der Waals surface area contributed by atoms with E-state index < -0.39 is 0 Å². The summed E-state index contributed by atoms with van der Waals surface area (Å²) in [5, 5.41) is 19.9. The fraction of sp³-hybridized carbons (Fsp3) is 0.316. The first kappa shape index (κ1) is 32.3. The van der Waals surface area contributed by atoms with Gasteiger partial charge in [0.2, 0.25) is 0 Å². The van der Waals surface area contributed by atoms with Crippen molar-refractivity contribution in [3.05, 3.63) is 107 Å². The third-order valence-electron chi connectivity index (χ3n) is 7.43. The second kappa shape index (κ2) is 18.9. The third kappa shape index (κ3) is 10.9. The minimum Gasteiger partial charge on any atom is -0.259 e. The summed E-state index contributed by atoms with van der Waals surface area (Å²) in [4.78, 5) is 0. The normalized spacial score (nSPS) is 12.4. The zero-order chi connectivity index (χ0) is 30.7. The quantitative estimate of drug-likeness (QED) is 0.0691. The van der Waals surface area contributed by atoms with E-state index in [2.05, 4.69) is 106 Å². The number of hydrogen-bond donors (Lipinski definition) is 2. The number of hydrogen-bond acceptors (Lipinski definition) is 6. The van der Waals surface area contributed by atoms with Crippen molar-refractivity contribution in [3.63, 3.8) is 0 Å². The Morgan fingerprint density at radius 1 is 0.545 bits per heavy atom. The van der Waals surface area contributed by atoms with E-state index in [-0.39, 0.29) is 0 Å². The van der Waals surface area contributed by atoms with Gasteiger partial charge in [0, 0.05) is 10.8 Å². The Morgan fingerprint density at radius 2 is 0.955 bits per heavy atom. The molecule has 0 radical (unpaired) electrons. The number of unbranched alkanes of at least 4 members (excludes halogenated alkanes) is 6. The van der Waals surface area contributed by atoms with Gasteiger partial charge in [-0.3, -0.25) is 10.9 Å². The van der Waals surface area contributed by atoms with Crippen LogP contribution in [0, 0.1) is 0 Å². The summed E-state index contributed by atoms with van der Waals surface area (Å²) in [6, 6.07) is 28.8. The number of hydrazone groups is 2. The van der Waals surface area contributed by atoms with Gasteiger partial charge in [0.05, 0.1) is 12.4 Å². The van der Waals surface area contributed by atoms with Crippen LogP contribution < -0.4 is 10.9 Å². The number of allylic oxidation sites excluding steroid dienone is 2. The van der Waals surface area contributed by atoms with E-state index in [9.17, 15) is 0 Å². The maximum Gasteiger partial charge on any atom is 0.176 e. The van der Waals surface area contributed by atoms with Crippen molar-refractivity contribution in [2.45, 2.75) is 78.1 Å². The lowest BCUT2D eigenvalue weighted by atomic mass is 10.0. The highest BCUT2D eigenvalue weighted by atomic mass is 15.4. The van der Waals surface area contributed by atoms with Crippen LogP contribution in [0.4, 0.5) is 11.6 Å². The summed E-state index contributed by atoms with van der Waals surface area (Å²) in [6.45, 7) is 4.47. The molecular formula is C38H46N6. The van der Waals surface area contributed by atoms with E-state index in [1.54, 1.807) is 0 Å². The lowest BCUT2D eigenvalue weighted by molar-refractivity contribution is 0.671. The predicted molar refractivity (Wildman–Crippen MR) is 190 cm³/mol. The first-order valence-corrected chi connectivity index (χ1v) is 16.1. The number of aromatic nitrogens is 2. The molecule has 0 fully saturated rings. The SMILES string of the molecule is CCCCCCC(/C=N\Nc1nnc(N/N=C/C(=C\c2ccccc2)CCCCCC)c2ccccc12)=C/c1ccccc1. The smallest absolute Gasteiger partial charge is 0.176 e. The van der Waals surface area contributed by atoms with E-state index in [1.165, 1.54) is 60.8 Å². The Kier molecular flexibility index (Phi) is 13.9. The molecule has 3 aromatic carbocycles. The van der Waals surface area contributed by atoms with Crippen molar-refractivity contribution in [2.75, 3.05) is 10.9 Å². The van der Waals surface area contributed by atoms with Gasteiger partial charge in [-0.05, 0) is 48.0 Å². The summed E-state index contributed by atoms with van der Waals surface area (Å²) in [6.07, 6.45) is 19.9. The molecule has 0 saturated heterocycles. The molecule has 0 saturated carbocycles. The maximum atomic E-state index is 4.58. The lowest BCUT2D eigenvalue weighted by Crippen LogP contribution is -2.02. The summed E-state index contributed by atoms with van der Waals surface area (Å²) in [7, 11) is 0. The molecule has 0 aliphatic heterocycles. The molecule has 4 aromatic rings. The maximum absolute atomic E-state index is 4.58. The van der Waals surface area contributed by atoms with Crippen LogP contribution in [-0.2, 0) is 0 Å². The van der Waals surface area contributed by atoms with Crippen molar-refractivity contribution in [1.29, 1.82) is 0 Å². The zero-order valence-corrected chi connectivity index (χ0v) is 26.3. The molecule has 2 N–H and O–H groups in total. The molecule has 0 aliphatic rings. The number of fused-ring (bicyclic) bond motifs is 1. The molecule has 0 bridgehead atoms. The molecule has 0 amide bonds. The van der Waals surface area contributed by atoms with Gasteiger partial charge in [0.25, 0.3) is 0 Å². The standard InChI is InChI=1S/C38H46N6/c1-3-5-7-11-23-33(27-31-19-13-9-14-20-31)29-39-41-37-35-25-17-18-26-36(35)38(44-43-37)42-40-30-34(24-12-8-6-4-2)28-32-21-15-10-16-22-32/h9-10,13-22,25-30H,3-8,11-12,23-24H2,1-2H3,(H,41,43)(H,42,44)/b33-27-,34-28-,39-29-,40-30+. The van der Waals surface area contributed by atoms with Gasteiger partial charge < -0.3 is 0 Å². The van der Waals surface area contributed by atoms with Crippen molar-refractivity contribution >= 4 is 47.0 Å². The van der Waals surface area contributed by atoms with E-state index in [4.69, 9.17) is 0 Å². The number of anilines is 2.